The van der Waals surface area contributed by atoms with Gasteiger partial charge in [0.1, 0.15) is 18.8 Å². The first-order valence-corrected chi connectivity index (χ1v) is 29.9. The molecule has 75 heavy (non-hydrogen) atoms. The first-order chi connectivity index (χ1) is 36.6. The van der Waals surface area contributed by atoms with Crippen LogP contribution in [0.1, 0.15) is 252 Å². The van der Waals surface area contributed by atoms with Gasteiger partial charge in [-0.15, -0.1) is 0 Å². The minimum atomic E-state index is -1.91. The van der Waals surface area contributed by atoms with Crippen LogP contribution in [0.5, 0.6) is 0 Å². The third-order valence-electron chi connectivity index (χ3n) is 13.3. The molecule has 430 valence electrons. The van der Waals surface area contributed by atoms with Crippen molar-refractivity contribution in [1.29, 1.82) is 0 Å². The second-order valence-corrected chi connectivity index (χ2v) is 20.2. The van der Waals surface area contributed by atoms with E-state index >= 15 is 0 Å². The van der Waals surface area contributed by atoms with Crippen LogP contribution in [-0.2, 0) is 42.9 Å². The Labute approximate surface area is 455 Å². The van der Waals surface area contributed by atoms with Gasteiger partial charge in [0.15, 0.2) is 24.6 Å². The highest BCUT2D eigenvalue weighted by molar-refractivity contribution is 5.74. The monoisotopic (exact) mass is 1050 g/mol. The van der Waals surface area contributed by atoms with Crippen molar-refractivity contribution < 1.29 is 58.2 Å². The van der Waals surface area contributed by atoms with Gasteiger partial charge in [0, 0.05) is 19.3 Å². The van der Waals surface area contributed by atoms with Gasteiger partial charge in [0.2, 0.25) is 0 Å². The Hall–Kier alpha value is -3.84. The number of carboxylic acids is 1. The fourth-order valence-corrected chi connectivity index (χ4v) is 8.75. The minimum Gasteiger partial charge on any atom is -0.479 e. The van der Waals surface area contributed by atoms with Crippen molar-refractivity contribution >= 4 is 23.9 Å². The van der Waals surface area contributed by atoms with E-state index in [0.717, 1.165) is 103 Å². The van der Waals surface area contributed by atoms with Gasteiger partial charge >= 0.3 is 23.9 Å². The van der Waals surface area contributed by atoms with Crippen molar-refractivity contribution in [3.63, 3.8) is 0 Å². The molecule has 0 aromatic carbocycles. The number of carboxylic acid groups (broad SMARTS) is 1. The average molecular weight is 1060 g/mol. The molecule has 0 radical (unpaired) electrons. The van der Waals surface area contributed by atoms with E-state index in [4.69, 9.17) is 23.7 Å². The lowest BCUT2D eigenvalue weighted by Crippen LogP contribution is -2.61. The van der Waals surface area contributed by atoms with Crippen molar-refractivity contribution in [2.75, 3.05) is 13.2 Å². The Kier molecular flexibility index (Phi) is 47.0. The van der Waals surface area contributed by atoms with Crippen molar-refractivity contribution in [3.05, 3.63) is 72.9 Å². The molecule has 6 atom stereocenters. The Bertz CT molecular complexity index is 1580. The lowest BCUT2D eigenvalue weighted by Gasteiger charge is -2.40. The highest BCUT2D eigenvalue weighted by atomic mass is 16.7. The fraction of sp³-hybridized carbons (Fsp3) is 0.746. The molecule has 0 saturated carbocycles. The summed E-state index contributed by atoms with van der Waals surface area (Å²) >= 11 is 0. The molecular formula is C63H106O12. The topological polar surface area (TPSA) is 175 Å². The summed E-state index contributed by atoms with van der Waals surface area (Å²) in [6.45, 7) is 5.72. The van der Waals surface area contributed by atoms with Gasteiger partial charge in [-0.05, 0) is 83.5 Å². The van der Waals surface area contributed by atoms with Crippen LogP contribution in [0.15, 0.2) is 72.9 Å². The zero-order valence-corrected chi connectivity index (χ0v) is 47.3. The predicted octanol–water partition coefficient (Wildman–Crippen LogP) is 15.3. The number of rotatable bonds is 50. The standard InChI is InChI=1S/C63H106O12/c1-4-7-10-13-16-19-22-25-26-27-28-29-30-33-36-39-42-45-48-51-57(66)74-61-59(68)58(67)60(62(69)70)75-63(61)72-53-54(73-56(65)50-47-44-41-38-35-32-24-21-18-15-12-9-6-3)52-71-55(64)49-46-43-40-37-34-31-23-20-17-14-11-8-5-2/h8-9,11-12,17-18,20-21,31-32,34-35,54,58-61,63,67-68H,4-7,10,13-16,19,22-30,33,36-53H2,1-3H3,(H,69,70)/b11-8-,12-9-,20-17-,21-18-,34-31-,35-32-. The molecule has 0 aromatic rings. The molecule has 0 bridgehead atoms. The van der Waals surface area contributed by atoms with Crippen molar-refractivity contribution in [2.45, 2.75) is 289 Å². The van der Waals surface area contributed by atoms with Crippen LogP contribution in [0.25, 0.3) is 0 Å². The van der Waals surface area contributed by atoms with Gasteiger partial charge in [-0.1, -0.05) is 222 Å². The van der Waals surface area contributed by atoms with Gasteiger partial charge in [-0.25, -0.2) is 4.79 Å². The molecule has 12 heteroatoms. The van der Waals surface area contributed by atoms with E-state index in [1.807, 2.05) is 0 Å². The molecule has 1 rings (SSSR count). The van der Waals surface area contributed by atoms with E-state index in [1.54, 1.807) is 0 Å². The number of allylic oxidation sites excluding steroid dienone is 12. The Morgan fingerprint density at radius 2 is 0.840 bits per heavy atom. The molecule has 3 N–H and O–H groups in total. The predicted molar refractivity (Wildman–Crippen MR) is 303 cm³/mol. The maximum atomic E-state index is 13.1. The molecule has 0 spiro atoms. The maximum Gasteiger partial charge on any atom is 0.335 e. The normalized spacial score (nSPS) is 18.7. The van der Waals surface area contributed by atoms with Crippen molar-refractivity contribution in [1.82, 2.24) is 0 Å². The maximum absolute atomic E-state index is 13.1. The minimum absolute atomic E-state index is 0.0556. The van der Waals surface area contributed by atoms with E-state index in [-0.39, 0.29) is 25.9 Å². The highest BCUT2D eigenvalue weighted by Crippen LogP contribution is 2.26. The van der Waals surface area contributed by atoms with Crippen LogP contribution >= 0.6 is 0 Å². The SMILES string of the molecule is CC/C=C\C/C=C\C/C=C\CCCCCC(=O)OCC(COC1OC(C(=O)O)C(O)C(O)C1OC(=O)CCCCCCCCCCCCCCCCCCCCC)OC(=O)CCCCC/C=C\C/C=C\C/C=C\CC. The Morgan fingerprint density at radius 1 is 0.453 bits per heavy atom. The first kappa shape index (κ1) is 69.2. The van der Waals surface area contributed by atoms with Gasteiger partial charge in [-0.2, -0.15) is 0 Å². The lowest BCUT2D eigenvalue weighted by molar-refractivity contribution is -0.301. The van der Waals surface area contributed by atoms with Crippen molar-refractivity contribution in [3.8, 4) is 0 Å². The van der Waals surface area contributed by atoms with E-state index < -0.39 is 67.3 Å². The quantitative estimate of drug-likeness (QED) is 0.0228. The summed E-state index contributed by atoms with van der Waals surface area (Å²) in [5.41, 5.74) is 0. The number of aliphatic hydroxyl groups is 2. The fourth-order valence-electron chi connectivity index (χ4n) is 8.75. The molecule has 12 nitrogen and oxygen atoms in total. The van der Waals surface area contributed by atoms with Crippen LogP contribution < -0.4 is 0 Å². The summed E-state index contributed by atoms with van der Waals surface area (Å²) < 4.78 is 28.4. The summed E-state index contributed by atoms with van der Waals surface area (Å²) in [4.78, 5) is 51.1. The number of esters is 3. The van der Waals surface area contributed by atoms with Crippen LogP contribution in [-0.4, -0.2) is 89.2 Å². The molecule has 1 aliphatic heterocycles. The van der Waals surface area contributed by atoms with E-state index in [9.17, 15) is 34.5 Å². The van der Waals surface area contributed by atoms with Crippen molar-refractivity contribution in [2.24, 2.45) is 0 Å². The second kappa shape index (κ2) is 50.9. The number of unbranched alkanes of at least 4 members (excludes halogenated alkanes) is 24. The molecule has 6 unspecified atom stereocenters. The molecule has 1 fully saturated rings. The number of aliphatic carboxylic acids is 1. The zero-order valence-electron chi connectivity index (χ0n) is 47.3. The Morgan fingerprint density at radius 3 is 1.28 bits per heavy atom. The summed E-state index contributed by atoms with van der Waals surface area (Å²) in [7, 11) is 0. The van der Waals surface area contributed by atoms with Gasteiger partial charge in [0.25, 0.3) is 0 Å². The van der Waals surface area contributed by atoms with E-state index in [1.165, 1.54) is 89.9 Å². The van der Waals surface area contributed by atoms with Crippen LogP contribution in [0.2, 0.25) is 0 Å². The summed E-state index contributed by atoms with van der Waals surface area (Å²) in [5.74, 6) is -3.19. The van der Waals surface area contributed by atoms with Crippen LogP contribution in [0.4, 0.5) is 0 Å². The van der Waals surface area contributed by atoms with Gasteiger partial charge < -0.3 is 39.0 Å². The van der Waals surface area contributed by atoms with Gasteiger partial charge in [0.05, 0.1) is 6.61 Å². The number of carbonyl (C=O) groups excluding carboxylic acids is 3. The molecule has 0 aromatic heterocycles. The van der Waals surface area contributed by atoms with E-state index in [2.05, 4.69) is 93.7 Å². The van der Waals surface area contributed by atoms with Crippen LogP contribution in [0.3, 0.4) is 0 Å². The molecule has 0 aliphatic carbocycles. The van der Waals surface area contributed by atoms with Crippen LogP contribution in [0, 0.1) is 0 Å². The molecule has 1 heterocycles. The number of carbonyl (C=O) groups is 4. The third-order valence-corrected chi connectivity index (χ3v) is 13.3. The molecule has 1 aliphatic rings. The largest absolute Gasteiger partial charge is 0.479 e. The number of hydrogen-bond donors (Lipinski definition) is 3. The smallest absolute Gasteiger partial charge is 0.335 e. The number of ether oxygens (including phenoxy) is 5. The summed E-state index contributed by atoms with van der Waals surface area (Å²) in [6.07, 6.45) is 51.7. The molecule has 0 amide bonds. The van der Waals surface area contributed by atoms with Gasteiger partial charge in [-0.3, -0.25) is 14.4 Å². The summed E-state index contributed by atoms with van der Waals surface area (Å²) in [6, 6.07) is 0. The summed E-state index contributed by atoms with van der Waals surface area (Å²) in [5, 5.41) is 31.5. The Balaban J connectivity index is 2.68. The first-order valence-electron chi connectivity index (χ1n) is 29.9. The average Bonchev–Trinajstić information content (AvgIpc) is 3.39. The third kappa shape index (κ3) is 41.0. The molecule has 1 saturated heterocycles. The number of hydrogen-bond acceptors (Lipinski definition) is 11. The molecular weight excluding hydrogens is 949 g/mol. The second-order valence-electron chi connectivity index (χ2n) is 20.2. The zero-order chi connectivity index (χ0) is 54.7. The highest BCUT2D eigenvalue weighted by Gasteiger charge is 2.50. The van der Waals surface area contributed by atoms with E-state index in [0.29, 0.717) is 19.3 Å². The number of aliphatic hydroxyl groups excluding tert-OH is 2. The lowest BCUT2D eigenvalue weighted by atomic mass is 9.98.